The quantitative estimate of drug-likeness (QED) is 0.208. The Morgan fingerprint density at radius 3 is 0.656 bits per heavy atom. The summed E-state index contributed by atoms with van der Waals surface area (Å²) in [5, 5.41) is 0. The summed E-state index contributed by atoms with van der Waals surface area (Å²) in [6.45, 7) is 0. The minimum absolute atomic E-state index is 1.48. The zero-order valence-corrected chi connectivity index (χ0v) is 21.8. The third-order valence-corrected chi connectivity index (χ3v) is 16.8. The second-order valence-electron chi connectivity index (χ2n) is 6.97. The van der Waals surface area contributed by atoms with Gasteiger partial charge in [-0.2, -0.15) is 0 Å². The van der Waals surface area contributed by atoms with Crippen LogP contribution in [0.25, 0.3) is 0 Å². The van der Waals surface area contributed by atoms with Gasteiger partial charge in [-0.05, 0) is 0 Å². The van der Waals surface area contributed by atoms with E-state index < -0.39 is 38.3 Å². The molecular weight excluding hydrogens is 646 g/mol. The van der Waals surface area contributed by atoms with Gasteiger partial charge in [0.05, 0.1) is 0 Å². The third-order valence-electron chi connectivity index (χ3n) is 4.57. The van der Waals surface area contributed by atoms with Crippen molar-refractivity contribution in [2.75, 3.05) is 0 Å². The Labute approximate surface area is 189 Å². The van der Waals surface area contributed by atoms with E-state index in [0.29, 0.717) is 0 Å². The Hall–Kier alpha value is -1.90. The molecule has 0 bridgehead atoms. The van der Waals surface area contributed by atoms with Crippen LogP contribution in [0, 0.1) is 0 Å². The van der Waals surface area contributed by atoms with E-state index in [2.05, 4.69) is 121 Å². The van der Waals surface area contributed by atoms with Crippen molar-refractivity contribution >= 4 is 52.3 Å². The van der Waals surface area contributed by atoms with E-state index >= 15 is 0 Å². The van der Waals surface area contributed by atoms with Crippen molar-refractivity contribution in [2.24, 2.45) is 0 Å². The molecule has 0 atom stereocenters. The summed E-state index contributed by atoms with van der Waals surface area (Å²) in [7, 11) is 0. The molecule has 4 aromatic carbocycles. The van der Waals surface area contributed by atoms with Gasteiger partial charge in [-0.25, -0.2) is 0 Å². The van der Waals surface area contributed by atoms with Crippen LogP contribution >= 0.6 is 0 Å². The fourth-order valence-electron chi connectivity index (χ4n) is 3.50. The van der Waals surface area contributed by atoms with Crippen molar-refractivity contribution < 1.29 is 16.9 Å². The van der Waals surface area contributed by atoms with E-state index in [0.717, 1.165) is 0 Å². The molecule has 0 unspecified atom stereocenters. The predicted molar refractivity (Wildman–Crippen MR) is 122 cm³/mol. The summed E-state index contributed by atoms with van der Waals surface area (Å²) in [4.78, 5) is 0. The van der Waals surface area contributed by atoms with Crippen molar-refractivity contribution in [1.29, 1.82) is 0 Å². The van der Waals surface area contributed by atoms with Crippen LogP contribution < -0.4 is 14.0 Å². The van der Waals surface area contributed by atoms with E-state index in [-0.39, 0.29) is 0 Å². The molecule has 4 rings (SSSR count). The zero-order valence-electron chi connectivity index (χ0n) is 16.7. The molecule has 4 aromatic rings. The molecule has 0 spiro atoms. The zero-order chi connectivity index (χ0) is 23.4. The Morgan fingerprint density at radius 1 is 0.344 bits per heavy atom. The number of hydrogen-bond donors (Lipinski definition) is 0. The average Bonchev–Trinajstić information content (AvgIpc) is 2.75. The van der Waals surface area contributed by atoms with Gasteiger partial charge in [0.1, 0.15) is 0 Å². The average molecular weight is 666 g/mol. The number of rotatable bonds is 4. The van der Waals surface area contributed by atoms with E-state index in [1.54, 1.807) is 0 Å². The molecule has 0 amide bonds. The summed E-state index contributed by atoms with van der Waals surface area (Å²) in [5.74, 6) is 0. The van der Waals surface area contributed by atoms with Crippen LogP contribution in [-0.2, 0) is 0 Å². The number of benzene rings is 4. The molecule has 0 aromatic heterocycles. The van der Waals surface area contributed by atoms with Crippen molar-refractivity contribution in [3.63, 3.8) is 0 Å². The number of halogens is 6. The van der Waals surface area contributed by atoms with Crippen LogP contribution in [0.15, 0.2) is 121 Å². The van der Waals surface area contributed by atoms with Crippen molar-refractivity contribution in [1.82, 2.24) is 0 Å². The minimum atomic E-state index is -11.2. The van der Waals surface area contributed by atoms with Crippen molar-refractivity contribution in [2.45, 2.75) is 0 Å². The summed E-state index contributed by atoms with van der Waals surface area (Å²) in [5.41, 5.74) is 0. The molecule has 0 aliphatic carbocycles. The molecule has 0 radical (unpaired) electrons. The molecule has 0 aliphatic heterocycles. The van der Waals surface area contributed by atoms with Crippen LogP contribution in [0.2, 0.25) is 0 Å². The van der Waals surface area contributed by atoms with Crippen molar-refractivity contribution in [3.8, 4) is 0 Å². The summed E-state index contributed by atoms with van der Waals surface area (Å²) in [6.07, 6.45) is 0. The van der Waals surface area contributed by atoms with E-state index in [9.17, 15) is 16.9 Å². The SMILES string of the molecule is [F][Sb-]([F])([F])([F])([F])[F].c1cc[c]([Sb+]([c]2ccccc2)([c]2ccccc2)[c]2ccccc2)cc1. The Balaban J connectivity index is 0.000000360. The molecule has 0 saturated carbocycles. The summed E-state index contributed by atoms with van der Waals surface area (Å²) in [6, 6.07) is 44.4. The maximum atomic E-state index is 9.93. The van der Waals surface area contributed by atoms with Gasteiger partial charge >= 0.3 is 191 Å². The fourth-order valence-corrected chi connectivity index (χ4v) is 15.7. The molecule has 0 aliphatic rings. The van der Waals surface area contributed by atoms with E-state index in [1.807, 2.05) is 0 Å². The van der Waals surface area contributed by atoms with Crippen LogP contribution in [-0.4, -0.2) is 38.3 Å². The molecule has 0 saturated heterocycles. The summed E-state index contributed by atoms with van der Waals surface area (Å²) < 4.78 is 65.5. The molecule has 32 heavy (non-hydrogen) atoms. The van der Waals surface area contributed by atoms with Crippen LogP contribution in [0.4, 0.5) is 16.9 Å². The van der Waals surface area contributed by atoms with Gasteiger partial charge in [0.2, 0.25) is 0 Å². The standard InChI is InChI=1S/4C6H5.6FH.2Sb/c4*1-2-4-6-5-3-1;;;;;;;;/h4*1-5H;6*1H;;/q;;;;;;;;;;+1;+5/p-6. The first-order valence-corrected chi connectivity index (χ1v) is 20.4. The molecule has 0 heterocycles. The second kappa shape index (κ2) is 8.80. The molecule has 8 heteroatoms. The van der Waals surface area contributed by atoms with Gasteiger partial charge in [-0.3, -0.25) is 0 Å². The van der Waals surface area contributed by atoms with Gasteiger partial charge < -0.3 is 0 Å². The normalized spacial score (nSPS) is 13.8. The van der Waals surface area contributed by atoms with Gasteiger partial charge in [0.15, 0.2) is 0 Å². The number of hydrogen-bond acceptors (Lipinski definition) is 0. The second-order valence-corrected chi connectivity index (χ2v) is 22.2. The molecule has 0 fully saturated rings. The first-order chi connectivity index (χ1) is 14.9. The topological polar surface area (TPSA) is 0 Å². The predicted octanol–water partition coefficient (Wildman–Crippen LogP) is 5.20. The first kappa shape index (κ1) is 24.7. The Morgan fingerprint density at radius 2 is 0.500 bits per heavy atom. The molecular formula is C24H20F6Sb2. The Kier molecular flexibility index (Phi) is 6.80. The Bertz CT molecular complexity index is 958. The summed E-state index contributed by atoms with van der Waals surface area (Å²) >= 11 is -14.4. The van der Waals surface area contributed by atoms with Gasteiger partial charge in [0, 0.05) is 0 Å². The third kappa shape index (κ3) is 7.05. The van der Waals surface area contributed by atoms with Crippen LogP contribution in [0.3, 0.4) is 0 Å². The van der Waals surface area contributed by atoms with Gasteiger partial charge in [-0.15, -0.1) is 0 Å². The fraction of sp³-hybridized carbons (Fsp3) is 0. The molecule has 0 nitrogen and oxygen atoms in total. The van der Waals surface area contributed by atoms with Crippen molar-refractivity contribution in [3.05, 3.63) is 121 Å². The van der Waals surface area contributed by atoms with Gasteiger partial charge in [0.25, 0.3) is 0 Å². The first-order valence-electron chi connectivity index (χ1n) is 9.55. The van der Waals surface area contributed by atoms with E-state index in [4.69, 9.17) is 0 Å². The van der Waals surface area contributed by atoms with Gasteiger partial charge in [-0.1, -0.05) is 0 Å². The molecule has 0 N–H and O–H groups in total. The molecule has 168 valence electrons. The van der Waals surface area contributed by atoms with Crippen LogP contribution in [0.5, 0.6) is 0 Å². The van der Waals surface area contributed by atoms with Crippen LogP contribution in [0.1, 0.15) is 0 Å². The monoisotopic (exact) mass is 664 g/mol. The van der Waals surface area contributed by atoms with E-state index in [1.165, 1.54) is 14.0 Å². The maximum absolute atomic E-state index is 11.2.